The lowest BCUT2D eigenvalue weighted by atomic mass is 9.96. The number of nitrogens with zero attached hydrogens (tertiary/aromatic N) is 1. The molecule has 0 saturated heterocycles. The topological polar surface area (TPSA) is 75.7 Å². The fourth-order valence-electron chi connectivity index (χ4n) is 1.92. The Morgan fingerprint density at radius 3 is 2.19 bits per heavy atom. The number of aliphatic imine (C=N–C) groups is 1. The molecule has 2 unspecified atom stereocenters. The molecule has 0 rings (SSSR count). The second-order valence-electron chi connectivity index (χ2n) is 4.91. The van der Waals surface area contributed by atoms with Crippen molar-refractivity contribution in [3.63, 3.8) is 0 Å². The summed E-state index contributed by atoms with van der Waals surface area (Å²) in [6, 6.07) is -0.565. The van der Waals surface area contributed by atoms with Gasteiger partial charge in [-0.05, 0) is 44.4 Å². The molecule has 3 N–H and O–H groups in total. The van der Waals surface area contributed by atoms with Crippen LogP contribution in [-0.2, 0) is 4.79 Å². The molecular formula is C14H23F3N2O2. The normalized spacial score (nSPS) is 16.7. The zero-order chi connectivity index (χ0) is 16.6. The first-order valence-electron chi connectivity index (χ1n) is 6.93. The number of carboxylic acid groups (broad SMARTS) is 1. The van der Waals surface area contributed by atoms with Crippen LogP contribution in [0.2, 0.25) is 0 Å². The van der Waals surface area contributed by atoms with Crippen LogP contribution in [0.3, 0.4) is 0 Å². The van der Waals surface area contributed by atoms with E-state index in [1.54, 1.807) is 13.8 Å². The van der Waals surface area contributed by atoms with E-state index in [1.165, 1.54) is 6.92 Å². The van der Waals surface area contributed by atoms with Crippen molar-refractivity contribution in [1.82, 2.24) is 0 Å². The van der Waals surface area contributed by atoms with Crippen molar-refractivity contribution in [2.75, 3.05) is 0 Å². The molecule has 122 valence electrons. The first-order valence-corrected chi connectivity index (χ1v) is 6.93. The minimum absolute atomic E-state index is 0.133. The average molecular weight is 308 g/mol. The number of aliphatic carboxylic acids is 1. The van der Waals surface area contributed by atoms with E-state index in [1.807, 2.05) is 0 Å². The van der Waals surface area contributed by atoms with Crippen molar-refractivity contribution in [2.24, 2.45) is 16.6 Å². The van der Waals surface area contributed by atoms with Gasteiger partial charge < -0.3 is 10.8 Å². The van der Waals surface area contributed by atoms with Gasteiger partial charge in [0.05, 0.1) is 12.0 Å². The molecule has 0 aromatic rings. The summed E-state index contributed by atoms with van der Waals surface area (Å²) in [4.78, 5) is 14.7. The molecular weight excluding hydrogens is 285 g/mol. The molecule has 0 aromatic heterocycles. The minimum Gasteiger partial charge on any atom is -0.481 e. The Bertz CT molecular complexity index is 404. The lowest BCUT2D eigenvalue weighted by Gasteiger charge is -2.17. The highest BCUT2D eigenvalue weighted by Crippen LogP contribution is 2.24. The van der Waals surface area contributed by atoms with Crippen molar-refractivity contribution < 1.29 is 23.1 Å². The summed E-state index contributed by atoms with van der Waals surface area (Å²) in [6.45, 7) is 4.72. The van der Waals surface area contributed by atoms with Crippen LogP contribution in [0.15, 0.2) is 16.8 Å². The van der Waals surface area contributed by atoms with Crippen LogP contribution in [0.5, 0.6) is 0 Å². The van der Waals surface area contributed by atoms with E-state index in [2.05, 4.69) is 4.99 Å². The maximum absolute atomic E-state index is 12.9. The van der Waals surface area contributed by atoms with Crippen molar-refractivity contribution in [2.45, 2.75) is 58.7 Å². The van der Waals surface area contributed by atoms with E-state index < -0.39 is 29.8 Å². The Labute approximate surface area is 122 Å². The van der Waals surface area contributed by atoms with Gasteiger partial charge in [-0.2, -0.15) is 13.2 Å². The summed E-state index contributed by atoms with van der Waals surface area (Å²) in [5.41, 5.74) is 4.03. The number of carbonyl (C=O) groups is 1. The third-order valence-electron chi connectivity index (χ3n) is 3.37. The largest absolute Gasteiger partial charge is 0.481 e. The van der Waals surface area contributed by atoms with E-state index in [0.29, 0.717) is 25.7 Å². The third-order valence-corrected chi connectivity index (χ3v) is 3.37. The number of carboxylic acids is 1. The number of nitrogens with two attached hydrogens (primary N) is 1. The highest BCUT2D eigenvalue weighted by Gasteiger charge is 2.37. The van der Waals surface area contributed by atoms with E-state index in [-0.39, 0.29) is 5.57 Å². The van der Waals surface area contributed by atoms with Gasteiger partial charge in [-0.3, -0.25) is 9.79 Å². The Morgan fingerprint density at radius 2 is 1.86 bits per heavy atom. The van der Waals surface area contributed by atoms with Gasteiger partial charge in [-0.25, -0.2) is 0 Å². The van der Waals surface area contributed by atoms with Crippen molar-refractivity contribution >= 4 is 11.7 Å². The molecule has 0 aliphatic rings. The van der Waals surface area contributed by atoms with Gasteiger partial charge >= 0.3 is 12.1 Å². The first kappa shape index (κ1) is 19.5. The van der Waals surface area contributed by atoms with E-state index in [9.17, 15) is 18.0 Å². The van der Waals surface area contributed by atoms with Gasteiger partial charge in [0.2, 0.25) is 0 Å². The molecule has 7 heteroatoms. The molecule has 0 spiro atoms. The standard InChI is InChI=1S/C14H23F3N2O2/c1-4-10(13(20)21)6-7-11(5-2)19-12(9(3)8-18)14(15,16)17/h8,10-11H,4-7,18H2,1-3H3,(H,20,21). The molecule has 4 nitrogen and oxygen atoms in total. The van der Waals surface area contributed by atoms with Crippen LogP contribution in [0.1, 0.15) is 46.5 Å². The smallest absolute Gasteiger partial charge is 0.433 e. The predicted molar refractivity (Wildman–Crippen MR) is 76.2 cm³/mol. The SMILES string of the molecule is CCC(CCC(CC)C(=O)O)N=C(C(C)=CN)C(F)(F)F. The molecule has 2 atom stereocenters. The Hall–Kier alpha value is -1.53. The van der Waals surface area contributed by atoms with Crippen molar-refractivity contribution in [3.8, 4) is 0 Å². The Balaban J connectivity index is 5.08. The van der Waals surface area contributed by atoms with Crippen LogP contribution in [-0.4, -0.2) is 29.0 Å². The van der Waals surface area contributed by atoms with Crippen LogP contribution >= 0.6 is 0 Å². The van der Waals surface area contributed by atoms with Gasteiger partial charge in [0, 0.05) is 0 Å². The Kier molecular flexibility index (Phi) is 8.06. The maximum atomic E-state index is 12.9. The third kappa shape index (κ3) is 6.64. The molecule has 0 aliphatic carbocycles. The van der Waals surface area contributed by atoms with Crippen LogP contribution < -0.4 is 5.73 Å². The molecule has 0 aromatic carbocycles. The molecule has 0 heterocycles. The summed E-state index contributed by atoms with van der Waals surface area (Å²) in [5, 5.41) is 8.95. The van der Waals surface area contributed by atoms with E-state index in [0.717, 1.165) is 6.20 Å². The second-order valence-corrected chi connectivity index (χ2v) is 4.91. The number of alkyl halides is 3. The molecule has 0 aliphatic heterocycles. The van der Waals surface area contributed by atoms with Gasteiger partial charge in [0.25, 0.3) is 0 Å². The number of hydrogen-bond acceptors (Lipinski definition) is 3. The van der Waals surface area contributed by atoms with Crippen molar-refractivity contribution in [3.05, 3.63) is 11.8 Å². The monoisotopic (exact) mass is 308 g/mol. The summed E-state index contributed by atoms with van der Waals surface area (Å²) < 4.78 is 38.8. The summed E-state index contributed by atoms with van der Waals surface area (Å²) >= 11 is 0. The van der Waals surface area contributed by atoms with Gasteiger partial charge in [-0.1, -0.05) is 13.8 Å². The van der Waals surface area contributed by atoms with Crippen LogP contribution in [0, 0.1) is 5.92 Å². The van der Waals surface area contributed by atoms with E-state index in [4.69, 9.17) is 10.8 Å². The summed E-state index contributed by atoms with van der Waals surface area (Å²) in [5.74, 6) is -1.47. The first-order chi connectivity index (χ1) is 9.67. The zero-order valence-corrected chi connectivity index (χ0v) is 12.6. The van der Waals surface area contributed by atoms with Crippen LogP contribution in [0.4, 0.5) is 13.2 Å². The van der Waals surface area contributed by atoms with E-state index >= 15 is 0 Å². The summed E-state index contributed by atoms with van der Waals surface area (Å²) in [7, 11) is 0. The second kappa shape index (κ2) is 8.69. The lowest BCUT2D eigenvalue weighted by Crippen LogP contribution is -2.27. The van der Waals surface area contributed by atoms with Gasteiger partial charge in [0.15, 0.2) is 0 Å². The number of halogens is 3. The van der Waals surface area contributed by atoms with Gasteiger partial charge in [-0.15, -0.1) is 0 Å². The van der Waals surface area contributed by atoms with Crippen LogP contribution in [0.25, 0.3) is 0 Å². The molecule has 0 amide bonds. The lowest BCUT2D eigenvalue weighted by molar-refractivity contribution is -0.142. The molecule has 21 heavy (non-hydrogen) atoms. The highest BCUT2D eigenvalue weighted by atomic mass is 19.4. The minimum atomic E-state index is -4.57. The highest BCUT2D eigenvalue weighted by molar-refractivity contribution is 6.03. The fourth-order valence-corrected chi connectivity index (χ4v) is 1.92. The van der Waals surface area contributed by atoms with Gasteiger partial charge in [0.1, 0.15) is 5.71 Å². The molecule has 0 bridgehead atoms. The molecule has 0 radical (unpaired) electrons. The number of rotatable bonds is 8. The summed E-state index contributed by atoms with van der Waals surface area (Å²) in [6.07, 6.45) is -2.21. The number of hydrogen-bond donors (Lipinski definition) is 2. The molecule has 0 fully saturated rings. The maximum Gasteiger partial charge on any atom is 0.433 e. The fraction of sp³-hybridized carbons (Fsp3) is 0.714. The molecule has 0 saturated carbocycles. The zero-order valence-electron chi connectivity index (χ0n) is 12.6. The van der Waals surface area contributed by atoms with Crippen molar-refractivity contribution in [1.29, 1.82) is 0 Å². The average Bonchev–Trinajstić information content (AvgIpc) is 2.40. The predicted octanol–water partition coefficient (Wildman–Crippen LogP) is 3.52. The Morgan fingerprint density at radius 1 is 1.29 bits per heavy atom. The number of allylic oxidation sites excluding steroid dienone is 1. The quantitative estimate of drug-likeness (QED) is 0.674.